The summed E-state index contributed by atoms with van der Waals surface area (Å²) in [4.78, 5) is 39.5. The molecule has 0 radical (unpaired) electrons. The van der Waals surface area contributed by atoms with Crippen molar-refractivity contribution in [3.05, 3.63) is 65.2 Å². The molecule has 2 rings (SSSR count). The zero-order valence-corrected chi connectivity index (χ0v) is 26.6. The normalized spacial score (nSPS) is 13.4. The van der Waals surface area contributed by atoms with E-state index in [0.29, 0.717) is 24.6 Å². The second-order valence-corrected chi connectivity index (χ2v) is 12.3. The van der Waals surface area contributed by atoms with Crippen molar-refractivity contribution in [2.24, 2.45) is 11.7 Å². The first-order valence-corrected chi connectivity index (χ1v) is 14.8. The summed E-state index contributed by atoms with van der Waals surface area (Å²) in [5.41, 5.74) is 7.83. The predicted molar refractivity (Wildman–Crippen MR) is 169 cm³/mol. The molecule has 2 aromatic rings. The molecule has 3 atom stereocenters. The number of amides is 2. The number of guanidine groups is 1. The van der Waals surface area contributed by atoms with Gasteiger partial charge < -0.3 is 31.2 Å². The number of ether oxygens (including phenoxy) is 2. The van der Waals surface area contributed by atoms with Gasteiger partial charge in [0.05, 0.1) is 13.0 Å². The fourth-order valence-electron chi connectivity index (χ4n) is 4.55. The minimum Gasteiger partial charge on any atom is -0.488 e. The molecule has 0 saturated carbocycles. The molecule has 2 amide bonds. The number of hydrogen-bond donors (Lipinski definition) is 5. The van der Waals surface area contributed by atoms with Crippen LogP contribution in [0.15, 0.2) is 48.5 Å². The summed E-state index contributed by atoms with van der Waals surface area (Å²) < 4.78 is 10.8. The molecule has 0 bridgehead atoms. The summed E-state index contributed by atoms with van der Waals surface area (Å²) >= 11 is 0. The second-order valence-electron chi connectivity index (χ2n) is 12.3. The first-order chi connectivity index (χ1) is 20.2. The van der Waals surface area contributed by atoms with E-state index in [1.54, 1.807) is 6.92 Å². The lowest BCUT2D eigenvalue weighted by Crippen LogP contribution is -2.53. The minimum absolute atomic E-state index is 0.177. The van der Waals surface area contributed by atoms with Crippen LogP contribution < -0.4 is 26.4 Å². The molecule has 0 aliphatic rings. The predicted octanol–water partition coefficient (Wildman–Crippen LogP) is 3.81. The largest absolute Gasteiger partial charge is 0.488 e. The van der Waals surface area contributed by atoms with Crippen LogP contribution in [0, 0.1) is 11.3 Å². The van der Waals surface area contributed by atoms with Gasteiger partial charge in [-0.1, -0.05) is 50.2 Å². The molecule has 0 aromatic heterocycles. The van der Waals surface area contributed by atoms with E-state index in [4.69, 9.17) is 20.6 Å². The second kappa shape index (κ2) is 16.5. The molecule has 0 aliphatic heterocycles. The molecular formula is C33H49N5O5. The Hall–Kier alpha value is -4.08. The van der Waals surface area contributed by atoms with Crippen LogP contribution in [0.2, 0.25) is 0 Å². The molecule has 0 aliphatic carbocycles. The van der Waals surface area contributed by atoms with Crippen LogP contribution in [0.4, 0.5) is 0 Å². The number of hydrogen-bond acceptors (Lipinski definition) is 6. The molecule has 43 heavy (non-hydrogen) atoms. The van der Waals surface area contributed by atoms with E-state index in [0.717, 1.165) is 17.5 Å². The zero-order chi connectivity index (χ0) is 32.2. The smallest absolute Gasteiger partial charge is 0.328 e. The highest BCUT2D eigenvalue weighted by Crippen LogP contribution is 2.21. The summed E-state index contributed by atoms with van der Waals surface area (Å²) in [6.45, 7) is 12.4. The first-order valence-electron chi connectivity index (χ1n) is 14.8. The van der Waals surface area contributed by atoms with Gasteiger partial charge in [-0.05, 0) is 81.7 Å². The summed E-state index contributed by atoms with van der Waals surface area (Å²) in [5, 5.41) is 15.6. The summed E-state index contributed by atoms with van der Waals surface area (Å²) in [5.74, 6) is -0.855. The first kappa shape index (κ1) is 35.1. The van der Waals surface area contributed by atoms with Gasteiger partial charge in [0.25, 0.3) is 0 Å². The number of nitrogens with one attached hydrogen (secondary N) is 4. The SMILES string of the molecule is COC(=O)C(CCCNC(=N)N)NC(=O)C(Cc1ccc(OC(C)(C)C)cc1)NC(=O)C(C)c1ccc(CC(C)C)cc1. The van der Waals surface area contributed by atoms with Gasteiger partial charge >= 0.3 is 5.97 Å². The number of benzene rings is 2. The molecule has 6 N–H and O–H groups in total. The number of carbonyl (C=O) groups excluding carboxylic acids is 3. The quantitative estimate of drug-likeness (QED) is 0.0907. The van der Waals surface area contributed by atoms with Crippen LogP contribution in [0.3, 0.4) is 0 Å². The molecule has 0 saturated heterocycles. The number of rotatable bonds is 15. The van der Waals surface area contributed by atoms with E-state index >= 15 is 0 Å². The van der Waals surface area contributed by atoms with Gasteiger partial charge in [0.15, 0.2) is 5.96 Å². The Balaban J connectivity index is 2.24. The Morgan fingerprint density at radius 2 is 1.42 bits per heavy atom. The van der Waals surface area contributed by atoms with Gasteiger partial charge in [0.2, 0.25) is 11.8 Å². The van der Waals surface area contributed by atoms with Crippen molar-refractivity contribution in [2.45, 2.75) is 90.8 Å². The number of carbonyl (C=O) groups is 3. The van der Waals surface area contributed by atoms with Crippen molar-refractivity contribution < 1.29 is 23.9 Å². The maximum atomic E-state index is 13.6. The van der Waals surface area contributed by atoms with E-state index in [2.05, 4.69) is 29.8 Å². The highest BCUT2D eigenvalue weighted by molar-refractivity contribution is 5.92. The van der Waals surface area contributed by atoms with Crippen LogP contribution in [-0.2, 0) is 32.0 Å². The van der Waals surface area contributed by atoms with Gasteiger partial charge in [0, 0.05) is 13.0 Å². The fraction of sp³-hybridized carbons (Fsp3) is 0.515. The van der Waals surface area contributed by atoms with Gasteiger partial charge in [-0.2, -0.15) is 0 Å². The average Bonchev–Trinajstić information content (AvgIpc) is 2.93. The third kappa shape index (κ3) is 12.8. The Morgan fingerprint density at radius 1 is 0.860 bits per heavy atom. The molecular weight excluding hydrogens is 546 g/mol. The van der Waals surface area contributed by atoms with E-state index in [1.165, 1.54) is 12.7 Å². The van der Waals surface area contributed by atoms with E-state index in [9.17, 15) is 14.4 Å². The van der Waals surface area contributed by atoms with Crippen LogP contribution >= 0.6 is 0 Å². The van der Waals surface area contributed by atoms with Crippen molar-refractivity contribution in [3.8, 4) is 5.75 Å². The van der Waals surface area contributed by atoms with Gasteiger partial charge in [0.1, 0.15) is 23.4 Å². The lowest BCUT2D eigenvalue weighted by atomic mass is 9.95. The van der Waals surface area contributed by atoms with Crippen LogP contribution in [-0.4, -0.2) is 55.1 Å². The summed E-state index contributed by atoms with van der Waals surface area (Å²) in [7, 11) is 1.25. The highest BCUT2D eigenvalue weighted by Gasteiger charge is 2.29. The van der Waals surface area contributed by atoms with E-state index < -0.39 is 29.9 Å². The molecule has 0 spiro atoms. The minimum atomic E-state index is -0.952. The molecule has 0 heterocycles. The summed E-state index contributed by atoms with van der Waals surface area (Å²) in [6, 6.07) is 13.5. The number of nitrogens with two attached hydrogens (primary N) is 1. The Labute approximate surface area is 256 Å². The number of esters is 1. The summed E-state index contributed by atoms with van der Waals surface area (Å²) in [6.07, 6.45) is 1.87. The lowest BCUT2D eigenvalue weighted by molar-refractivity contribution is -0.145. The average molecular weight is 596 g/mol. The van der Waals surface area contributed by atoms with Gasteiger partial charge in [-0.15, -0.1) is 0 Å². The van der Waals surface area contributed by atoms with Crippen molar-refractivity contribution in [2.75, 3.05) is 13.7 Å². The highest BCUT2D eigenvalue weighted by atomic mass is 16.5. The van der Waals surface area contributed by atoms with Crippen LogP contribution in [0.1, 0.15) is 77.0 Å². The molecule has 2 aromatic carbocycles. The van der Waals surface area contributed by atoms with Crippen molar-refractivity contribution in [1.29, 1.82) is 5.41 Å². The molecule has 10 heteroatoms. The standard InChI is InChI=1S/C33H49N5O5/c1-21(2)19-23-10-14-25(15-11-23)22(3)29(39)38-28(20-24-12-16-26(17-13-24)43-33(4,5)6)30(40)37-27(31(41)42-7)9-8-18-36-32(34)35/h10-17,21-22,27-28H,8-9,18-20H2,1-7H3,(H,37,40)(H,38,39)(H4,34,35,36). The lowest BCUT2D eigenvalue weighted by Gasteiger charge is -2.24. The molecule has 3 unspecified atom stereocenters. The zero-order valence-electron chi connectivity index (χ0n) is 26.6. The van der Waals surface area contributed by atoms with E-state index in [1.807, 2.05) is 69.3 Å². The van der Waals surface area contributed by atoms with Crippen molar-refractivity contribution in [1.82, 2.24) is 16.0 Å². The van der Waals surface area contributed by atoms with Crippen LogP contribution in [0.25, 0.3) is 0 Å². The Morgan fingerprint density at radius 3 is 1.95 bits per heavy atom. The maximum absolute atomic E-state index is 13.6. The fourth-order valence-corrected chi connectivity index (χ4v) is 4.55. The van der Waals surface area contributed by atoms with Crippen LogP contribution in [0.5, 0.6) is 5.75 Å². The molecule has 236 valence electrons. The monoisotopic (exact) mass is 595 g/mol. The number of methoxy groups -OCH3 is 1. The molecule has 10 nitrogen and oxygen atoms in total. The third-order valence-electron chi connectivity index (χ3n) is 6.72. The van der Waals surface area contributed by atoms with Crippen molar-refractivity contribution >= 4 is 23.7 Å². The van der Waals surface area contributed by atoms with Gasteiger partial charge in [-0.3, -0.25) is 15.0 Å². The van der Waals surface area contributed by atoms with Gasteiger partial charge in [-0.25, -0.2) is 4.79 Å². The third-order valence-corrected chi connectivity index (χ3v) is 6.72. The van der Waals surface area contributed by atoms with Crippen molar-refractivity contribution in [3.63, 3.8) is 0 Å². The topological polar surface area (TPSA) is 156 Å². The molecule has 0 fully saturated rings. The maximum Gasteiger partial charge on any atom is 0.328 e. The van der Waals surface area contributed by atoms with E-state index in [-0.39, 0.29) is 30.3 Å². The Bertz CT molecular complexity index is 1210. The Kier molecular flexibility index (Phi) is 13.5.